The van der Waals surface area contributed by atoms with Crippen molar-refractivity contribution in [2.75, 3.05) is 19.8 Å². The zero-order chi connectivity index (χ0) is 16.8. The first-order valence-electron chi connectivity index (χ1n) is 7.86. The van der Waals surface area contributed by atoms with Crippen molar-refractivity contribution < 1.29 is 23.1 Å². The minimum absolute atomic E-state index is 0.217. The molecule has 6 heteroatoms. The average molecular weight is 338 g/mol. The summed E-state index contributed by atoms with van der Waals surface area (Å²) in [7, 11) is -3.60. The molecule has 5 nitrogen and oxygen atoms in total. The summed E-state index contributed by atoms with van der Waals surface area (Å²) in [5.41, 5.74) is 1.01. The first-order chi connectivity index (χ1) is 11.1. The number of carbonyl (C=O) groups excluding carboxylic acids is 1. The first kappa shape index (κ1) is 17.9. The summed E-state index contributed by atoms with van der Waals surface area (Å²) in [5.74, 6) is -0.500. The summed E-state index contributed by atoms with van der Waals surface area (Å²) in [6.45, 7) is 4.14. The molecule has 0 radical (unpaired) electrons. The standard InChI is InChI=1S/C17H23O5P/c1-3-21-23(19,22-4-2)17(13-14-20-16(17)18)12-8-11-15-9-6-5-7-10-15/h5-11H,3-4,12-14H2,1-2H3/b11-8+. The third kappa shape index (κ3) is 3.74. The Labute approximate surface area is 137 Å². The van der Waals surface area contributed by atoms with Crippen LogP contribution >= 0.6 is 7.60 Å². The van der Waals surface area contributed by atoms with E-state index < -0.39 is 18.7 Å². The Bertz CT molecular complexity index is 588. The second-order valence-electron chi connectivity index (χ2n) is 5.27. The lowest BCUT2D eigenvalue weighted by Crippen LogP contribution is -2.35. The normalized spacial score (nSPS) is 21.7. The molecule has 2 rings (SSSR count). The van der Waals surface area contributed by atoms with Gasteiger partial charge in [-0.2, -0.15) is 0 Å². The molecule has 0 aromatic heterocycles. The molecule has 0 N–H and O–H groups in total. The van der Waals surface area contributed by atoms with Crippen LogP contribution in [-0.2, 0) is 23.1 Å². The molecule has 1 aromatic rings. The number of esters is 1. The van der Waals surface area contributed by atoms with Gasteiger partial charge in [-0.15, -0.1) is 0 Å². The van der Waals surface area contributed by atoms with E-state index in [2.05, 4.69) is 0 Å². The molecule has 1 aromatic carbocycles. The highest BCUT2D eigenvalue weighted by Crippen LogP contribution is 2.65. The molecule has 23 heavy (non-hydrogen) atoms. The Morgan fingerprint density at radius 3 is 2.39 bits per heavy atom. The molecule has 126 valence electrons. The van der Waals surface area contributed by atoms with Gasteiger partial charge in [0.1, 0.15) is 0 Å². The van der Waals surface area contributed by atoms with Gasteiger partial charge in [0, 0.05) is 6.42 Å². The van der Waals surface area contributed by atoms with Crippen molar-refractivity contribution in [2.24, 2.45) is 0 Å². The fraction of sp³-hybridized carbons (Fsp3) is 0.471. The predicted molar refractivity (Wildman–Crippen MR) is 89.3 cm³/mol. The van der Waals surface area contributed by atoms with E-state index in [1.165, 1.54) is 0 Å². The van der Waals surface area contributed by atoms with Crippen molar-refractivity contribution in [2.45, 2.75) is 31.8 Å². The fourth-order valence-electron chi connectivity index (χ4n) is 2.67. The summed E-state index contributed by atoms with van der Waals surface area (Å²) in [6.07, 6.45) is 4.34. The number of benzene rings is 1. The van der Waals surface area contributed by atoms with Crippen LogP contribution in [0.25, 0.3) is 6.08 Å². The van der Waals surface area contributed by atoms with Gasteiger partial charge in [-0.25, -0.2) is 0 Å². The van der Waals surface area contributed by atoms with Crippen molar-refractivity contribution in [3.05, 3.63) is 42.0 Å². The van der Waals surface area contributed by atoms with E-state index in [0.717, 1.165) is 5.56 Å². The van der Waals surface area contributed by atoms with Crippen molar-refractivity contribution in [1.82, 2.24) is 0 Å². The number of hydrogen-bond donors (Lipinski definition) is 0. The molecule has 1 fully saturated rings. The lowest BCUT2D eigenvalue weighted by atomic mass is 10.0. The number of allylic oxidation sites excluding steroid dienone is 1. The number of cyclic esters (lactones) is 1. The van der Waals surface area contributed by atoms with Crippen molar-refractivity contribution >= 4 is 19.6 Å². The molecular weight excluding hydrogens is 315 g/mol. The van der Waals surface area contributed by atoms with Crippen molar-refractivity contribution in [3.63, 3.8) is 0 Å². The highest BCUT2D eigenvalue weighted by atomic mass is 31.2. The Kier molecular flexibility index (Phi) is 6.17. The molecule has 1 heterocycles. The Hall–Kier alpha value is -1.42. The van der Waals surface area contributed by atoms with Crippen LogP contribution in [-0.4, -0.2) is 30.9 Å². The molecule has 0 spiro atoms. The van der Waals surface area contributed by atoms with Gasteiger partial charge in [-0.05, 0) is 25.8 Å². The molecule has 0 aliphatic carbocycles. The number of rotatable bonds is 8. The third-order valence-electron chi connectivity index (χ3n) is 3.82. The van der Waals surface area contributed by atoms with E-state index in [4.69, 9.17) is 13.8 Å². The van der Waals surface area contributed by atoms with Crippen LogP contribution in [0.3, 0.4) is 0 Å². The highest BCUT2D eigenvalue weighted by molar-refractivity contribution is 7.56. The van der Waals surface area contributed by atoms with E-state index in [1.54, 1.807) is 13.8 Å². The Morgan fingerprint density at radius 2 is 1.87 bits per heavy atom. The zero-order valence-corrected chi connectivity index (χ0v) is 14.5. The van der Waals surface area contributed by atoms with E-state index in [1.807, 2.05) is 42.5 Å². The van der Waals surface area contributed by atoms with Gasteiger partial charge in [0.15, 0.2) is 5.16 Å². The molecular formula is C17H23O5P. The van der Waals surface area contributed by atoms with Gasteiger partial charge >= 0.3 is 13.6 Å². The maximum absolute atomic E-state index is 13.2. The van der Waals surface area contributed by atoms with E-state index >= 15 is 0 Å². The molecule has 1 aliphatic rings. The molecule has 0 saturated carbocycles. The fourth-order valence-corrected chi connectivity index (χ4v) is 4.90. The summed E-state index contributed by atoms with van der Waals surface area (Å²) in [5, 5.41) is -1.25. The van der Waals surface area contributed by atoms with Crippen LogP contribution < -0.4 is 0 Å². The van der Waals surface area contributed by atoms with Crippen LogP contribution in [0, 0.1) is 0 Å². The van der Waals surface area contributed by atoms with Gasteiger partial charge in [-0.3, -0.25) is 9.36 Å². The van der Waals surface area contributed by atoms with Crippen molar-refractivity contribution in [3.8, 4) is 0 Å². The zero-order valence-electron chi connectivity index (χ0n) is 13.6. The summed E-state index contributed by atoms with van der Waals surface area (Å²) < 4.78 is 29.2. The van der Waals surface area contributed by atoms with Gasteiger partial charge in [0.25, 0.3) is 0 Å². The second kappa shape index (κ2) is 7.91. The van der Waals surface area contributed by atoms with Crippen molar-refractivity contribution in [1.29, 1.82) is 0 Å². The lowest BCUT2D eigenvalue weighted by Gasteiger charge is -2.31. The average Bonchev–Trinajstić information content (AvgIpc) is 2.91. The summed E-state index contributed by atoms with van der Waals surface area (Å²) in [6, 6.07) is 9.72. The lowest BCUT2D eigenvalue weighted by molar-refractivity contribution is -0.140. The van der Waals surface area contributed by atoms with Gasteiger partial charge in [0.05, 0.1) is 19.8 Å². The van der Waals surface area contributed by atoms with Gasteiger partial charge in [0.2, 0.25) is 0 Å². The molecule has 1 atom stereocenters. The van der Waals surface area contributed by atoms with Crippen LogP contribution in [0.1, 0.15) is 32.3 Å². The smallest absolute Gasteiger partial charge is 0.348 e. The molecule has 1 unspecified atom stereocenters. The SMILES string of the molecule is CCOP(=O)(OCC)C1(C/C=C/c2ccccc2)CCOC1=O. The predicted octanol–water partition coefficient (Wildman–Crippen LogP) is 4.04. The van der Waals surface area contributed by atoms with E-state index in [-0.39, 0.29) is 26.2 Å². The van der Waals surface area contributed by atoms with Crippen LogP contribution in [0.4, 0.5) is 0 Å². The first-order valence-corrected chi connectivity index (χ1v) is 9.40. The molecule has 0 amide bonds. The number of carbonyl (C=O) groups is 1. The number of ether oxygens (including phenoxy) is 1. The largest absolute Gasteiger partial charge is 0.465 e. The van der Waals surface area contributed by atoms with E-state index in [9.17, 15) is 9.36 Å². The van der Waals surface area contributed by atoms with E-state index in [0.29, 0.717) is 6.42 Å². The Balaban J connectivity index is 2.27. The van der Waals surface area contributed by atoms with Gasteiger partial charge in [-0.1, -0.05) is 42.5 Å². The summed E-state index contributed by atoms with van der Waals surface area (Å²) in [4.78, 5) is 12.3. The number of hydrogen-bond acceptors (Lipinski definition) is 5. The Morgan fingerprint density at radius 1 is 1.22 bits per heavy atom. The molecule has 1 aliphatic heterocycles. The van der Waals surface area contributed by atoms with Crippen LogP contribution in [0.15, 0.2) is 36.4 Å². The third-order valence-corrected chi connectivity index (χ3v) is 6.65. The maximum atomic E-state index is 13.2. The maximum Gasteiger partial charge on any atom is 0.348 e. The summed E-state index contributed by atoms with van der Waals surface area (Å²) >= 11 is 0. The minimum atomic E-state index is -3.60. The minimum Gasteiger partial charge on any atom is -0.465 e. The van der Waals surface area contributed by atoms with Crippen LogP contribution in [0.5, 0.6) is 0 Å². The quantitative estimate of drug-likeness (QED) is 0.529. The second-order valence-corrected chi connectivity index (χ2v) is 7.64. The molecule has 1 saturated heterocycles. The molecule has 0 bridgehead atoms. The van der Waals surface area contributed by atoms with Crippen LogP contribution in [0.2, 0.25) is 0 Å². The monoisotopic (exact) mass is 338 g/mol. The highest BCUT2D eigenvalue weighted by Gasteiger charge is 2.59. The van der Waals surface area contributed by atoms with Gasteiger partial charge < -0.3 is 13.8 Å². The topological polar surface area (TPSA) is 61.8 Å².